The van der Waals surface area contributed by atoms with Crippen LogP contribution in [0.2, 0.25) is 0 Å². The van der Waals surface area contributed by atoms with Crippen LogP contribution in [0.15, 0.2) is 29.2 Å². The van der Waals surface area contributed by atoms with E-state index in [1.807, 2.05) is 28.8 Å². The predicted octanol–water partition coefficient (Wildman–Crippen LogP) is 2.20. The quantitative estimate of drug-likeness (QED) is 0.496. The van der Waals surface area contributed by atoms with Crippen LogP contribution in [-0.4, -0.2) is 37.0 Å². The Morgan fingerprint density at radius 3 is 3.03 bits per heavy atom. The molecule has 1 aliphatic carbocycles. The summed E-state index contributed by atoms with van der Waals surface area (Å²) in [5, 5.41) is 11.9. The van der Waals surface area contributed by atoms with Crippen LogP contribution in [0.3, 0.4) is 0 Å². The zero-order chi connectivity index (χ0) is 20.5. The molecule has 4 aromatic rings. The van der Waals surface area contributed by atoms with Gasteiger partial charge in [0, 0.05) is 36.9 Å². The molecule has 8 nitrogen and oxygen atoms in total. The molecule has 0 atom stereocenters. The van der Waals surface area contributed by atoms with Gasteiger partial charge in [-0.3, -0.25) is 14.0 Å². The third kappa shape index (κ3) is 3.60. The van der Waals surface area contributed by atoms with Crippen molar-refractivity contribution in [2.45, 2.75) is 44.9 Å². The van der Waals surface area contributed by atoms with Gasteiger partial charge >= 0.3 is 0 Å². The summed E-state index contributed by atoms with van der Waals surface area (Å²) in [6.07, 6.45) is 7.50. The molecule has 0 saturated carbocycles. The van der Waals surface area contributed by atoms with Crippen LogP contribution < -0.4 is 10.9 Å². The van der Waals surface area contributed by atoms with E-state index in [4.69, 9.17) is 0 Å². The SMILES string of the molecule is O=C(CCc1nc2sc3c(c2c(=O)[nH]1)CCCC3)NCCc1nnc2ccccn12. The van der Waals surface area contributed by atoms with Crippen molar-refractivity contribution in [1.82, 2.24) is 29.9 Å². The van der Waals surface area contributed by atoms with Crippen LogP contribution in [-0.2, 0) is 30.5 Å². The van der Waals surface area contributed by atoms with E-state index < -0.39 is 0 Å². The van der Waals surface area contributed by atoms with Crippen molar-refractivity contribution in [3.8, 4) is 0 Å². The van der Waals surface area contributed by atoms with Crippen molar-refractivity contribution < 1.29 is 4.79 Å². The van der Waals surface area contributed by atoms with E-state index in [-0.39, 0.29) is 17.9 Å². The van der Waals surface area contributed by atoms with Gasteiger partial charge in [-0.05, 0) is 43.4 Å². The average Bonchev–Trinajstić information content (AvgIpc) is 3.34. The maximum absolute atomic E-state index is 12.6. The topological polar surface area (TPSA) is 105 Å². The zero-order valence-corrected chi connectivity index (χ0v) is 17.3. The second kappa shape index (κ2) is 7.98. The fraction of sp³-hybridized carbons (Fsp3) is 0.381. The maximum atomic E-state index is 12.6. The summed E-state index contributed by atoms with van der Waals surface area (Å²) in [6, 6.07) is 5.73. The smallest absolute Gasteiger partial charge is 0.259 e. The highest BCUT2D eigenvalue weighted by atomic mass is 32.1. The molecule has 0 aromatic carbocycles. The first-order valence-corrected chi connectivity index (χ1v) is 11.1. The Morgan fingerprint density at radius 1 is 1.20 bits per heavy atom. The van der Waals surface area contributed by atoms with E-state index in [0.717, 1.165) is 41.0 Å². The molecule has 0 bridgehead atoms. The minimum absolute atomic E-state index is 0.0722. The Bertz CT molecular complexity index is 1290. The number of rotatable bonds is 6. The van der Waals surface area contributed by atoms with Gasteiger partial charge in [0.2, 0.25) is 5.91 Å². The van der Waals surface area contributed by atoms with Crippen molar-refractivity contribution in [2.24, 2.45) is 0 Å². The summed E-state index contributed by atoms with van der Waals surface area (Å²) in [5.41, 5.74) is 1.90. The average molecular weight is 423 g/mol. The van der Waals surface area contributed by atoms with Gasteiger partial charge in [-0.1, -0.05) is 6.07 Å². The molecular weight excluding hydrogens is 400 g/mol. The summed E-state index contributed by atoms with van der Waals surface area (Å²) in [7, 11) is 0. The molecule has 1 amide bonds. The Labute approximate surface area is 176 Å². The number of amides is 1. The molecule has 5 rings (SSSR count). The Hall–Kier alpha value is -3.07. The first-order chi connectivity index (χ1) is 14.7. The van der Waals surface area contributed by atoms with Crippen LogP contribution in [0, 0.1) is 0 Å². The molecule has 4 heterocycles. The number of aromatic nitrogens is 5. The molecule has 0 unspecified atom stereocenters. The van der Waals surface area contributed by atoms with Crippen molar-refractivity contribution >= 4 is 33.1 Å². The molecule has 2 N–H and O–H groups in total. The van der Waals surface area contributed by atoms with Crippen molar-refractivity contribution in [3.63, 3.8) is 0 Å². The highest BCUT2D eigenvalue weighted by molar-refractivity contribution is 7.18. The second-order valence-electron chi connectivity index (χ2n) is 7.55. The summed E-state index contributed by atoms with van der Waals surface area (Å²) >= 11 is 1.63. The number of carbonyl (C=O) groups is 1. The molecule has 1 aliphatic rings. The van der Waals surface area contributed by atoms with Gasteiger partial charge in [0.1, 0.15) is 16.5 Å². The highest BCUT2D eigenvalue weighted by Crippen LogP contribution is 2.33. The summed E-state index contributed by atoms with van der Waals surface area (Å²) < 4.78 is 1.91. The number of pyridine rings is 1. The summed E-state index contributed by atoms with van der Waals surface area (Å²) in [4.78, 5) is 34.4. The zero-order valence-electron chi connectivity index (χ0n) is 16.5. The molecular formula is C21H22N6O2S. The molecule has 4 aromatic heterocycles. The predicted molar refractivity (Wildman–Crippen MR) is 115 cm³/mol. The van der Waals surface area contributed by atoms with Gasteiger partial charge in [-0.25, -0.2) is 4.98 Å². The molecule has 0 saturated heterocycles. The Morgan fingerprint density at radius 2 is 2.10 bits per heavy atom. The number of aryl methyl sites for hydroxylation is 3. The number of fused-ring (bicyclic) bond motifs is 4. The second-order valence-corrected chi connectivity index (χ2v) is 8.63. The Balaban J connectivity index is 1.19. The number of nitrogens with one attached hydrogen (secondary N) is 2. The van der Waals surface area contributed by atoms with E-state index in [9.17, 15) is 9.59 Å². The standard InChI is InChI=1S/C21H22N6O2S/c28-18(22-11-10-17-26-25-16-7-3-4-12-27(16)17)9-8-15-23-20(29)19-13-5-1-2-6-14(13)30-21(19)24-15/h3-4,7,12H,1-2,5-6,8-11H2,(H,22,28)(H,23,24,29). The van der Waals surface area contributed by atoms with Crippen LogP contribution in [0.1, 0.15) is 41.4 Å². The van der Waals surface area contributed by atoms with Crippen LogP contribution in [0.4, 0.5) is 0 Å². The van der Waals surface area contributed by atoms with Crippen molar-refractivity contribution in [3.05, 3.63) is 56.8 Å². The molecule has 0 radical (unpaired) electrons. The lowest BCUT2D eigenvalue weighted by Crippen LogP contribution is -2.26. The number of carbonyl (C=O) groups excluding carboxylic acids is 1. The molecule has 0 fully saturated rings. The lowest BCUT2D eigenvalue weighted by atomic mass is 9.97. The largest absolute Gasteiger partial charge is 0.356 e. The van der Waals surface area contributed by atoms with Gasteiger partial charge in [0.25, 0.3) is 5.56 Å². The number of nitrogens with zero attached hydrogens (tertiary/aromatic N) is 4. The number of aromatic amines is 1. The third-order valence-corrected chi connectivity index (χ3v) is 6.70. The lowest BCUT2D eigenvalue weighted by molar-refractivity contribution is -0.121. The summed E-state index contributed by atoms with van der Waals surface area (Å²) in [6.45, 7) is 0.481. The van der Waals surface area contributed by atoms with Gasteiger partial charge in [-0.15, -0.1) is 21.5 Å². The van der Waals surface area contributed by atoms with Crippen LogP contribution in [0.5, 0.6) is 0 Å². The molecule has 0 spiro atoms. The number of thiophene rings is 1. The first-order valence-electron chi connectivity index (χ1n) is 10.3. The highest BCUT2D eigenvalue weighted by Gasteiger charge is 2.19. The number of H-pyrrole nitrogens is 1. The monoisotopic (exact) mass is 422 g/mol. The molecule has 154 valence electrons. The molecule has 0 aliphatic heterocycles. The van der Waals surface area contributed by atoms with E-state index in [1.54, 1.807) is 11.3 Å². The van der Waals surface area contributed by atoms with Crippen molar-refractivity contribution in [1.29, 1.82) is 0 Å². The van der Waals surface area contributed by atoms with Crippen LogP contribution in [0.25, 0.3) is 15.9 Å². The van der Waals surface area contributed by atoms with Gasteiger partial charge in [0.15, 0.2) is 5.65 Å². The fourth-order valence-corrected chi connectivity index (χ4v) is 5.30. The Kier molecular flexibility index (Phi) is 5.04. The van der Waals surface area contributed by atoms with Crippen molar-refractivity contribution in [2.75, 3.05) is 6.54 Å². The van der Waals surface area contributed by atoms with E-state index in [1.165, 1.54) is 16.9 Å². The molecule has 30 heavy (non-hydrogen) atoms. The van der Waals surface area contributed by atoms with E-state index in [0.29, 0.717) is 25.2 Å². The van der Waals surface area contributed by atoms with E-state index >= 15 is 0 Å². The third-order valence-electron chi connectivity index (χ3n) is 5.52. The van der Waals surface area contributed by atoms with Gasteiger partial charge in [0.05, 0.1) is 5.39 Å². The minimum atomic E-state index is -0.0755. The number of hydrogen-bond donors (Lipinski definition) is 2. The number of hydrogen-bond acceptors (Lipinski definition) is 6. The summed E-state index contributed by atoms with van der Waals surface area (Å²) in [5.74, 6) is 1.31. The fourth-order valence-electron chi connectivity index (χ4n) is 4.02. The van der Waals surface area contributed by atoms with Crippen LogP contribution >= 0.6 is 11.3 Å². The minimum Gasteiger partial charge on any atom is -0.356 e. The molecule has 9 heteroatoms. The maximum Gasteiger partial charge on any atom is 0.259 e. The van der Waals surface area contributed by atoms with E-state index in [2.05, 4.69) is 25.5 Å². The van der Waals surface area contributed by atoms with Gasteiger partial charge in [-0.2, -0.15) is 0 Å². The normalized spacial score (nSPS) is 13.6. The first kappa shape index (κ1) is 18.9. The lowest BCUT2D eigenvalue weighted by Gasteiger charge is -2.09. The van der Waals surface area contributed by atoms with Gasteiger partial charge < -0.3 is 10.3 Å².